The summed E-state index contributed by atoms with van der Waals surface area (Å²) in [5.74, 6) is 7.11. The minimum absolute atomic E-state index is 0.0216. The lowest BCUT2D eigenvalue weighted by atomic mass is 9.61. The molecule has 1 aromatic carbocycles. The molecule has 0 amide bonds. The number of alkyl halides is 3. The van der Waals surface area contributed by atoms with Gasteiger partial charge in [-0.1, -0.05) is 25.7 Å². The molecule has 1 unspecified atom stereocenters. The summed E-state index contributed by atoms with van der Waals surface area (Å²) in [7, 11) is 0. The van der Waals surface area contributed by atoms with Crippen molar-refractivity contribution in [3.8, 4) is 23.8 Å². The third kappa shape index (κ3) is 4.60. The van der Waals surface area contributed by atoms with Crippen molar-refractivity contribution in [1.82, 2.24) is 20.4 Å². The molecule has 3 heterocycles. The van der Waals surface area contributed by atoms with Gasteiger partial charge in [0.25, 0.3) is 0 Å². The second-order valence-corrected chi connectivity index (χ2v) is 10.7. The van der Waals surface area contributed by atoms with Crippen LogP contribution in [0.3, 0.4) is 0 Å². The van der Waals surface area contributed by atoms with Gasteiger partial charge in [0.05, 0.1) is 16.5 Å². The minimum atomic E-state index is -4.63. The van der Waals surface area contributed by atoms with Gasteiger partial charge in [0.1, 0.15) is 11.6 Å². The molecule has 40 heavy (non-hydrogen) atoms. The Hall–Kier alpha value is -4.25. The molecule has 1 fully saturated rings. The Bertz CT molecular complexity index is 1580. The summed E-state index contributed by atoms with van der Waals surface area (Å²) in [5.41, 5.74) is 5.53. The number of aromatic nitrogens is 4. The van der Waals surface area contributed by atoms with E-state index in [1.807, 2.05) is 13.8 Å². The van der Waals surface area contributed by atoms with Crippen LogP contribution in [0.2, 0.25) is 0 Å². The van der Waals surface area contributed by atoms with Crippen LogP contribution in [0.1, 0.15) is 85.2 Å². The maximum absolute atomic E-state index is 14.2. The zero-order chi connectivity index (χ0) is 28.8. The van der Waals surface area contributed by atoms with E-state index in [1.165, 1.54) is 0 Å². The number of nitrogens with one attached hydrogen (secondary N) is 1. The van der Waals surface area contributed by atoms with Gasteiger partial charge in [0, 0.05) is 30.0 Å². The zero-order valence-electron chi connectivity index (χ0n) is 22.6. The SMILES string of the molecule is Cc1nnc(C2CCC(C#Cc3cc(C(F)(F)F)cc(C4(C(C)C)C(C#N)=C(N)Oc5n[nH]c(C)c54)c3)CC2)o1. The largest absolute Gasteiger partial charge is 0.425 e. The number of H-pyrrole nitrogens is 1. The van der Waals surface area contributed by atoms with Crippen molar-refractivity contribution < 1.29 is 22.3 Å². The lowest BCUT2D eigenvalue weighted by Gasteiger charge is -2.41. The Kier molecular flexibility index (Phi) is 6.87. The molecule has 2 aromatic heterocycles. The van der Waals surface area contributed by atoms with Gasteiger partial charge in [-0.2, -0.15) is 18.4 Å². The molecule has 0 radical (unpaired) electrons. The van der Waals surface area contributed by atoms with E-state index in [9.17, 15) is 18.4 Å². The van der Waals surface area contributed by atoms with E-state index in [-0.39, 0.29) is 46.2 Å². The van der Waals surface area contributed by atoms with E-state index >= 15 is 0 Å². The molecule has 8 nitrogen and oxygen atoms in total. The lowest BCUT2D eigenvalue weighted by molar-refractivity contribution is -0.137. The van der Waals surface area contributed by atoms with Crippen LogP contribution in [-0.4, -0.2) is 20.4 Å². The number of fused-ring (bicyclic) bond motifs is 1. The first-order chi connectivity index (χ1) is 18.9. The molecule has 1 aliphatic carbocycles. The highest BCUT2D eigenvalue weighted by molar-refractivity contribution is 5.63. The maximum atomic E-state index is 14.2. The molecule has 2 aliphatic rings. The number of nitrogens with two attached hydrogens (primary N) is 1. The molecule has 1 aliphatic heterocycles. The molecular weight excluding hydrogens is 521 g/mol. The number of nitriles is 1. The van der Waals surface area contributed by atoms with Crippen molar-refractivity contribution in [2.75, 3.05) is 0 Å². The molecule has 3 aromatic rings. The highest BCUT2D eigenvalue weighted by Crippen LogP contribution is 2.53. The molecular formula is C29H29F3N6O2. The van der Waals surface area contributed by atoms with Crippen molar-refractivity contribution in [1.29, 1.82) is 5.26 Å². The number of nitrogens with zero attached hydrogens (tertiary/aromatic N) is 4. The fourth-order valence-corrected chi connectivity index (χ4v) is 6.00. The summed E-state index contributed by atoms with van der Waals surface area (Å²) in [5, 5.41) is 25.2. The smallest absolute Gasteiger partial charge is 0.416 e. The number of benzene rings is 1. The summed E-state index contributed by atoms with van der Waals surface area (Å²) >= 11 is 0. The molecule has 11 heteroatoms. The van der Waals surface area contributed by atoms with Gasteiger partial charge in [0.2, 0.25) is 23.5 Å². The van der Waals surface area contributed by atoms with E-state index in [0.29, 0.717) is 23.0 Å². The normalized spacial score (nSPS) is 22.8. The average Bonchev–Trinajstić information content (AvgIpc) is 3.51. The molecule has 0 bridgehead atoms. The highest BCUT2D eigenvalue weighted by Gasteiger charge is 2.51. The standard InChI is InChI=1S/C29H29F3N6O2/c1-15(2)28(23(14-33)25(34)40-27-24(28)16(3)35-38-27)21-11-19(12-22(13-21)29(30,31)32)6-5-18-7-9-20(10-8-18)26-37-36-17(4)39-26/h11-13,15,18,20H,7-10,34H2,1-4H3,(H,35,38). The predicted molar refractivity (Wildman–Crippen MR) is 138 cm³/mol. The van der Waals surface area contributed by atoms with Crippen LogP contribution in [-0.2, 0) is 11.6 Å². The van der Waals surface area contributed by atoms with E-state index in [0.717, 1.165) is 37.8 Å². The summed E-state index contributed by atoms with van der Waals surface area (Å²) in [6.07, 6.45) is -1.47. The summed E-state index contributed by atoms with van der Waals surface area (Å²) in [6, 6.07) is 5.88. The third-order valence-corrected chi connectivity index (χ3v) is 7.89. The third-order valence-electron chi connectivity index (χ3n) is 7.89. The monoisotopic (exact) mass is 550 g/mol. The number of aryl methyl sites for hydroxylation is 2. The Balaban J connectivity index is 1.57. The molecule has 0 spiro atoms. The molecule has 0 saturated heterocycles. The fourth-order valence-electron chi connectivity index (χ4n) is 6.00. The Morgan fingerprint density at radius 1 is 1.12 bits per heavy atom. The minimum Gasteiger partial charge on any atom is -0.425 e. The Morgan fingerprint density at radius 3 is 2.45 bits per heavy atom. The fraction of sp³-hybridized carbons (Fsp3) is 0.448. The number of hydrogen-bond donors (Lipinski definition) is 2. The van der Waals surface area contributed by atoms with Crippen LogP contribution >= 0.6 is 0 Å². The molecule has 5 rings (SSSR count). The second kappa shape index (κ2) is 10.1. The van der Waals surface area contributed by atoms with E-state index in [1.54, 1.807) is 19.9 Å². The van der Waals surface area contributed by atoms with Gasteiger partial charge in [-0.05, 0) is 62.3 Å². The van der Waals surface area contributed by atoms with Crippen molar-refractivity contribution >= 4 is 0 Å². The first-order valence-electron chi connectivity index (χ1n) is 13.1. The van der Waals surface area contributed by atoms with Crippen LogP contribution in [0, 0.1) is 48.9 Å². The zero-order valence-corrected chi connectivity index (χ0v) is 22.6. The number of hydrogen-bond acceptors (Lipinski definition) is 7. The average molecular weight is 551 g/mol. The Morgan fingerprint density at radius 2 is 1.85 bits per heavy atom. The Labute approximate surface area is 229 Å². The highest BCUT2D eigenvalue weighted by atomic mass is 19.4. The molecule has 1 saturated carbocycles. The summed E-state index contributed by atoms with van der Waals surface area (Å²) in [6.45, 7) is 7.16. The molecule has 3 N–H and O–H groups in total. The van der Waals surface area contributed by atoms with Crippen molar-refractivity contribution in [2.45, 2.75) is 70.9 Å². The van der Waals surface area contributed by atoms with Gasteiger partial charge >= 0.3 is 6.18 Å². The van der Waals surface area contributed by atoms with E-state index in [4.69, 9.17) is 14.9 Å². The number of aromatic amines is 1. The van der Waals surface area contributed by atoms with Crippen LogP contribution in [0.5, 0.6) is 5.88 Å². The van der Waals surface area contributed by atoms with Crippen LogP contribution < -0.4 is 10.5 Å². The second-order valence-electron chi connectivity index (χ2n) is 10.7. The quantitative estimate of drug-likeness (QED) is 0.396. The molecule has 208 valence electrons. The number of rotatable bonds is 3. The predicted octanol–water partition coefficient (Wildman–Crippen LogP) is 5.78. The number of halogens is 3. The van der Waals surface area contributed by atoms with E-state index < -0.39 is 17.2 Å². The van der Waals surface area contributed by atoms with Crippen molar-refractivity contribution in [2.24, 2.45) is 17.6 Å². The van der Waals surface area contributed by atoms with Gasteiger partial charge in [-0.15, -0.1) is 15.3 Å². The van der Waals surface area contributed by atoms with Crippen LogP contribution in [0.25, 0.3) is 0 Å². The van der Waals surface area contributed by atoms with Crippen molar-refractivity contribution in [3.05, 3.63) is 69.4 Å². The van der Waals surface area contributed by atoms with Gasteiger partial charge in [-0.3, -0.25) is 5.10 Å². The van der Waals surface area contributed by atoms with Gasteiger partial charge < -0.3 is 14.9 Å². The van der Waals surface area contributed by atoms with Crippen LogP contribution in [0.15, 0.2) is 34.1 Å². The number of allylic oxidation sites excluding steroid dienone is 1. The summed E-state index contributed by atoms with van der Waals surface area (Å²) in [4.78, 5) is 0. The topological polar surface area (TPSA) is 127 Å². The van der Waals surface area contributed by atoms with Gasteiger partial charge in [0.15, 0.2) is 0 Å². The number of ether oxygens (including phenoxy) is 1. The maximum Gasteiger partial charge on any atom is 0.416 e. The molecule has 1 atom stereocenters. The van der Waals surface area contributed by atoms with E-state index in [2.05, 4.69) is 38.3 Å². The van der Waals surface area contributed by atoms with Gasteiger partial charge in [-0.25, -0.2) is 0 Å². The summed E-state index contributed by atoms with van der Waals surface area (Å²) < 4.78 is 53.8. The van der Waals surface area contributed by atoms with Crippen LogP contribution in [0.4, 0.5) is 13.2 Å². The van der Waals surface area contributed by atoms with Crippen molar-refractivity contribution in [3.63, 3.8) is 0 Å². The first-order valence-corrected chi connectivity index (χ1v) is 13.1. The lowest BCUT2D eigenvalue weighted by Crippen LogP contribution is -2.41. The first kappa shape index (κ1) is 27.3.